The number of aliphatic hydroxyl groups excluding tert-OH is 3. The van der Waals surface area contributed by atoms with Crippen LogP contribution in [0.15, 0.2) is 11.6 Å². The van der Waals surface area contributed by atoms with Gasteiger partial charge in [0.05, 0.1) is 18.8 Å². The van der Waals surface area contributed by atoms with Crippen LogP contribution in [0.4, 0.5) is 0 Å². The van der Waals surface area contributed by atoms with Crippen LogP contribution in [0.1, 0.15) is 132 Å². The average molecular weight is 601 g/mol. The molecule has 0 aromatic heterocycles. The molecular weight excluding hydrogens is 536 g/mol. The van der Waals surface area contributed by atoms with Crippen LogP contribution in [0.3, 0.4) is 0 Å². The average Bonchev–Trinajstić information content (AvgIpc) is 3.14. The van der Waals surface area contributed by atoms with Crippen molar-refractivity contribution in [1.29, 1.82) is 0 Å². The van der Waals surface area contributed by atoms with Crippen LogP contribution in [0.5, 0.6) is 0 Å². The molecule has 0 bridgehead atoms. The van der Waals surface area contributed by atoms with E-state index in [1.54, 1.807) is 0 Å². The third kappa shape index (κ3) is 4.78. The topological polar surface area (TPSA) is 79.2 Å². The lowest BCUT2D eigenvalue weighted by Gasteiger charge is -2.70. The van der Waals surface area contributed by atoms with Gasteiger partial charge in [0.2, 0.25) is 0 Å². The van der Waals surface area contributed by atoms with Crippen molar-refractivity contribution in [1.82, 2.24) is 0 Å². The molecule has 1 saturated heterocycles. The lowest BCUT2D eigenvalue weighted by Crippen LogP contribution is -2.63. The summed E-state index contributed by atoms with van der Waals surface area (Å²) in [5.41, 5.74) is 3.01. The third-order valence-corrected chi connectivity index (χ3v) is 15.9. The number of hydrogen-bond acceptors (Lipinski definition) is 5. The van der Waals surface area contributed by atoms with Gasteiger partial charge in [-0.05, 0) is 127 Å². The molecule has 5 heteroatoms. The minimum atomic E-state index is -0.813. The molecule has 0 amide bonds. The van der Waals surface area contributed by atoms with Gasteiger partial charge in [-0.1, -0.05) is 73.5 Å². The Hall–Kier alpha value is -0.460. The van der Waals surface area contributed by atoms with Crippen molar-refractivity contribution in [2.45, 2.75) is 163 Å². The highest BCUT2D eigenvalue weighted by Crippen LogP contribution is 2.75. The standard InChI is InChI=1S/C38H64O5/c1-23-15-18-35(5)20-21-37(7)25(32(35)24(23)2)11-14-30-36(6)17-9-10-31(34(3,4)29(36)16-19-38(30,37)8)43-33-27(41)13-12-26(40)28(22-39)42-33/h11,23-24,26-33,39-41H,9-10,12-22H2,1-8H3/t23-,24+,26+,27-,28-,29+,30-,31+,32?,33?,35-,36+,37-,38-/m1/s1. The van der Waals surface area contributed by atoms with Crippen LogP contribution in [-0.2, 0) is 9.47 Å². The fourth-order valence-corrected chi connectivity index (χ4v) is 12.8. The molecule has 14 atom stereocenters. The van der Waals surface area contributed by atoms with E-state index >= 15 is 0 Å². The van der Waals surface area contributed by atoms with E-state index in [-0.39, 0.29) is 29.0 Å². The molecule has 0 radical (unpaired) electrons. The van der Waals surface area contributed by atoms with Crippen molar-refractivity contribution in [2.24, 2.45) is 56.7 Å². The fraction of sp³-hybridized carbons (Fsp3) is 0.947. The predicted molar refractivity (Wildman–Crippen MR) is 171 cm³/mol. The SMILES string of the molecule is C[C@@H]1CC[C@]2(C)CC[C@]3(C)C(=CC[C@@H]4[C@@]5(C)CCC[C@H](OC6O[C@H](CO)[C@@H](O)CC[C@H]6O)C(C)(C)[C@@H]5CC[C@]43C)C2[C@H]1C. The zero-order chi connectivity index (χ0) is 31.2. The van der Waals surface area contributed by atoms with Crippen molar-refractivity contribution in [3.8, 4) is 0 Å². The van der Waals surface area contributed by atoms with Crippen molar-refractivity contribution >= 4 is 0 Å². The lowest BCUT2D eigenvalue weighted by molar-refractivity contribution is -0.265. The van der Waals surface area contributed by atoms with Crippen molar-refractivity contribution in [3.63, 3.8) is 0 Å². The number of aliphatic hydroxyl groups is 3. The molecule has 6 aliphatic rings. The van der Waals surface area contributed by atoms with Crippen LogP contribution in [0.25, 0.3) is 0 Å². The summed E-state index contributed by atoms with van der Waals surface area (Å²) < 4.78 is 12.8. The molecule has 3 N–H and O–H groups in total. The molecule has 246 valence electrons. The summed E-state index contributed by atoms with van der Waals surface area (Å²) in [6.45, 7) is 20.3. The quantitative estimate of drug-likeness (QED) is 0.290. The summed E-state index contributed by atoms with van der Waals surface area (Å²) in [6, 6.07) is 0. The van der Waals surface area contributed by atoms with E-state index in [9.17, 15) is 15.3 Å². The summed E-state index contributed by atoms with van der Waals surface area (Å²) in [4.78, 5) is 0. The Morgan fingerprint density at radius 2 is 1.56 bits per heavy atom. The maximum Gasteiger partial charge on any atom is 0.184 e. The largest absolute Gasteiger partial charge is 0.394 e. The van der Waals surface area contributed by atoms with Gasteiger partial charge in [-0.2, -0.15) is 0 Å². The Bertz CT molecular complexity index is 1070. The monoisotopic (exact) mass is 600 g/mol. The number of allylic oxidation sites excluding steroid dienone is 2. The second-order valence-electron chi connectivity index (χ2n) is 18.1. The Morgan fingerprint density at radius 1 is 0.837 bits per heavy atom. The van der Waals surface area contributed by atoms with Crippen LogP contribution < -0.4 is 0 Å². The van der Waals surface area contributed by atoms with E-state index in [2.05, 4.69) is 61.5 Å². The van der Waals surface area contributed by atoms with Crippen molar-refractivity contribution in [3.05, 3.63) is 11.6 Å². The van der Waals surface area contributed by atoms with Gasteiger partial charge >= 0.3 is 0 Å². The van der Waals surface area contributed by atoms with Gasteiger partial charge in [0, 0.05) is 0 Å². The second kappa shape index (κ2) is 11.1. The summed E-state index contributed by atoms with van der Waals surface area (Å²) in [6.07, 6.45) is 13.0. The Kier molecular flexibility index (Phi) is 8.36. The Balaban J connectivity index is 1.30. The molecule has 43 heavy (non-hydrogen) atoms. The minimum absolute atomic E-state index is 0.0387. The summed E-state index contributed by atoms with van der Waals surface area (Å²) >= 11 is 0. The molecular formula is C38H64O5. The van der Waals surface area contributed by atoms with E-state index < -0.39 is 24.6 Å². The fourth-order valence-electron chi connectivity index (χ4n) is 12.8. The summed E-state index contributed by atoms with van der Waals surface area (Å²) in [5, 5.41) is 31.2. The molecule has 6 rings (SSSR count). The van der Waals surface area contributed by atoms with Crippen molar-refractivity contribution < 1.29 is 24.8 Å². The van der Waals surface area contributed by atoms with E-state index in [4.69, 9.17) is 9.47 Å². The summed E-state index contributed by atoms with van der Waals surface area (Å²) in [5.74, 6) is 3.48. The van der Waals surface area contributed by atoms with Gasteiger partial charge in [-0.15, -0.1) is 0 Å². The first-order chi connectivity index (χ1) is 20.1. The minimum Gasteiger partial charge on any atom is -0.394 e. The van der Waals surface area contributed by atoms with Gasteiger partial charge in [-0.25, -0.2) is 0 Å². The van der Waals surface area contributed by atoms with Crippen LogP contribution in [0, 0.1) is 56.7 Å². The van der Waals surface area contributed by atoms with Crippen LogP contribution >= 0.6 is 0 Å². The molecule has 5 fully saturated rings. The van der Waals surface area contributed by atoms with E-state index in [1.807, 2.05) is 5.57 Å². The molecule has 0 aromatic carbocycles. The first kappa shape index (κ1) is 32.5. The van der Waals surface area contributed by atoms with E-state index in [0.717, 1.165) is 30.6 Å². The van der Waals surface area contributed by atoms with Gasteiger partial charge < -0.3 is 24.8 Å². The van der Waals surface area contributed by atoms with Crippen molar-refractivity contribution in [2.75, 3.05) is 6.61 Å². The third-order valence-electron chi connectivity index (χ3n) is 15.9. The smallest absolute Gasteiger partial charge is 0.184 e. The maximum absolute atomic E-state index is 10.9. The van der Waals surface area contributed by atoms with Crippen LogP contribution in [0.2, 0.25) is 0 Å². The van der Waals surface area contributed by atoms with Crippen LogP contribution in [-0.4, -0.2) is 52.6 Å². The van der Waals surface area contributed by atoms with Gasteiger partial charge in [0.15, 0.2) is 6.29 Å². The number of hydrogen-bond donors (Lipinski definition) is 3. The Morgan fingerprint density at radius 3 is 2.28 bits per heavy atom. The predicted octanol–water partition coefficient (Wildman–Crippen LogP) is 7.66. The highest BCUT2D eigenvalue weighted by atomic mass is 16.7. The number of ether oxygens (including phenoxy) is 2. The number of rotatable bonds is 3. The maximum atomic E-state index is 10.9. The first-order valence-electron chi connectivity index (χ1n) is 18.1. The molecule has 1 aliphatic heterocycles. The molecule has 5 aliphatic carbocycles. The molecule has 1 heterocycles. The Labute approximate surface area is 262 Å². The first-order valence-corrected chi connectivity index (χ1v) is 18.1. The molecule has 0 spiro atoms. The van der Waals surface area contributed by atoms with Gasteiger partial charge in [0.25, 0.3) is 0 Å². The molecule has 4 saturated carbocycles. The summed E-state index contributed by atoms with van der Waals surface area (Å²) in [7, 11) is 0. The van der Waals surface area contributed by atoms with Gasteiger partial charge in [0.1, 0.15) is 12.2 Å². The second-order valence-corrected chi connectivity index (χ2v) is 18.1. The highest BCUT2D eigenvalue weighted by molar-refractivity contribution is 5.33. The highest BCUT2D eigenvalue weighted by Gasteiger charge is 2.67. The zero-order valence-electron chi connectivity index (χ0n) is 28.7. The lowest BCUT2D eigenvalue weighted by atomic mass is 9.34. The van der Waals surface area contributed by atoms with E-state index in [1.165, 1.54) is 51.4 Å². The van der Waals surface area contributed by atoms with E-state index in [0.29, 0.717) is 35.5 Å². The molecule has 0 aromatic rings. The normalized spacial score (nSPS) is 55.0. The number of fused-ring (bicyclic) bond motifs is 7. The molecule has 5 nitrogen and oxygen atoms in total. The van der Waals surface area contributed by atoms with Gasteiger partial charge in [-0.3, -0.25) is 0 Å². The molecule has 2 unspecified atom stereocenters. The zero-order valence-corrected chi connectivity index (χ0v) is 28.7.